The number of hydrogen-bond donors (Lipinski definition) is 2. The molecule has 0 unspecified atom stereocenters. The van der Waals surface area contributed by atoms with Gasteiger partial charge < -0.3 is 19.8 Å². The molecule has 0 spiro atoms. The summed E-state index contributed by atoms with van der Waals surface area (Å²) in [6.45, 7) is 12.1. The van der Waals surface area contributed by atoms with Gasteiger partial charge in [0.25, 0.3) is 0 Å². The van der Waals surface area contributed by atoms with E-state index in [1.54, 1.807) is 6.07 Å². The van der Waals surface area contributed by atoms with Crippen LogP contribution in [-0.2, 0) is 30.0 Å². The van der Waals surface area contributed by atoms with E-state index >= 15 is 0 Å². The Labute approximate surface area is 185 Å². The molecule has 0 bridgehead atoms. The van der Waals surface area contributed by atoms with Crippen molar-refractivity contribution < 1.29 is 27.9 Å². The average Bonchev–Trinajstić information content (AvgIpc) is 2.64. The summed E-state index contributed by atoms with van der Waals surface area (Å²) in [5.74, 6) is -2.00. The van der Waals surface area contributed by atoms with Crippen molar-refractivity contribution in [2.45, 2.75) is 70.8 Å². The predicted molar refractivity (Wildman–Crippen MR) is 119 cm³/mol. The number of esters is 1. The van der Waals surface area contributed by atoms with Crippen LogP contribution < -0.4 is 10.6 Å². The molecule has 0 aliphatic carbocycles. The first-order chi connectivity index (χ1) is 14.3. The fourth-order valence-corrected chi connectivity index (χ4v) is 3.73. The van der Waals surface area contributed by atoms with Crippen LogP contribution in [0.3, 0.4) is 0 Å². The minimum atomic E-state index is -2.01. The van der Waals surface area contributed by atoms with E-state index in [0.29, 0.717) is 5.56 Å². The third kappa shape index (κ3) is 8.78. The Morgan fingerprint density at radius 1 is 1.13 bits per heavy atom. The van der Waals surface area contributed by atoms with Crippen LogP contribution in [0.2, 0.25) is 18.1 Å². The Morgan fingerprint density at radius 2 is 1.77 bits per heavy atom. The molecule has 0 aliphatic heterocycles. The topological polar surface area (TPSA) is 93.7 Å². The molecule has 0 aromatic heterocycles. The van der Waals surface area contributed by atoms with Gasteiger partial charge in [-0.2, -0.15) is 0 Å². The van der Waals surface area contributed by atoms with Crippen molar-refractivity contribution in [2.75, 3.05) is 13.7 Å². The molecule has 0 saturated carbocycles. The van der Waals surface area contributed by atoms with E-state index in [0.717, 1.165) is 0 Å². The van der Waals surface area contributed by atoms with E-state index in [-0.39, 0.29) is 24.5 Å². The van der Waals surface area contributed by atoms with Crippen molar-refractivity contribution in [3.05, 3.63) is 35.6 Å². The van der Waals surface area contributed by atoms with Gasteiger partial charge in [-0.15, -0.1) is 0 Å². The lowest BCUT2D eigenvalue weighted by atomic mass is 10.0. The minimum Gasteiger partial charge on any atom is -0.467 e. The summed E-state index contributed by atoms with van der Waals surface area (Å²) < 4.78 is 24.4. The van der Waals surface area contributed by atoms with Crippen molar-refractivity contribution in [2.24, 2.45) is 0 Å². The summed E-state index contributed by atoms with van der Waals surface area (Å²) in [4.78, 5) is 36.7. The molecule has 31 heavy (non-hydrogen) atoms. The highest BCUT2D eigenvalue weighted by atomic mass is 28.4. The molecule has 1 aromatic rings. The monoisotopic (exact) mass is 454 g/mol. The third-order valence-corrected chi connectivity index (χ3v) is 10.0. The van der Waals surface area contributed by atoms with Crippen LogP contribution in [0.5, 0.6) is 0 Å². The van der Waals surface area contributed by atoms with Gasteiger partial charge in [0.15, 0.2) is 8.32 Å². The number of nitrogens with one attached hydrogen (secondary N) is 2. The second kappa shape index (κ2) is 11.4. The molecule has 1 aromatic carbocycles. The fourth-order valence-electron chi connectivity index (χ4n) is 2.67. The molecule has 0 aliphatic rings. The normalized spacial score (nSPS) is 13.8. The lowest BCUT2D eigenvalue weighted by Crippen LogP contribution is -2.53. The highest BCUT2D eigenvalue weighted by molar-refractivity contribution is 6.74. The molecule has 0 saturated heterocycles. The van der Waals surface area contributed by atoms with E-state index in [1.807, 2.05) is 0 Å². The maximum atomic E-state index is 13.5. The number of benzene rings is 1. The molecule has 9 heteroatoms. The lowest BCUT2D eigenvalue weighted by molar-refractivity contribution is -0.145. The number of carbonyl (C=O) groups is 3. The van der Waals surface area contributed by atoms with Gasteiger partial charge in [0, 0.05) is 26.4 Å². The smallest absolute Gasteiger partial charge is 0.328 e. The Balaban J connectivity index is 2.88. The average molecular weight is 455 g/mol. The SMILES string of the molecule is COC(=O)[C@@H](CCO[Si](C)(C)C(C)(C)C)NC(=O)[C@@H](Cc1cccc(F)c1)NC(C)=O. The lowest BCUT2D eigenvalue weighted by Gasteiger charge is -2.36. The standard InChI is InChI=1S/C22H35FN2O5Si/c1-15(26)24-19(14-16-9-8-10-17(23)13-16)20(27)25-18(21(28)29-5)11-12-30-31(6,7)22(2,3)4/h8-10,13,18-19H,11-12,14H2,1-7H3,(H,24,26)(H,25,27)/t18-,19-/m1/s1. The Bertz CT molecular complexity index is 779. The number of amides is 2. The molecule has 2 atom stereocenters. The van der Waals surface area contributed by atoms with Gasteiger partial charge in [-0.1, -0.05) is 32.9 Å². The maximum Gasteiger partial charge on any atom is 0.328 e. The van der Waals surface area contributed by atoms with Crippen molar-refractivity contribution in [1.29, 1.82) is 0 Å². The molecule has 7 nitrogen and oxygen atoms in total. The largest absolute Gasteiger partial charge is 0.467 e. The van der Waals surface area contributed by atoms with Crippen molar-refractivity contribution in [3.63, 3.8) is 0 Å². The summed E-state index contributed by atoms with van der Waals surface area (Å²) >= 11 is 0. The van der Waals surface area contributed by atoms with Gasteiger partial charge in [-0.25, -0.2) is 9.18 Å². The van der Waals surface area contributed by atoms with E-state index in [9.17, 15) is 18.8 Å². The number of halogens is 1. The van der Waals surface area contributed by atoms with Crippen LogP contribution in [0.1, 0.15) is 39.7 Å². The zero-order chi connectivity index (χ0) is 23.8. The first-order valence-corrected chi connectivity index (χ1v) is 13.2. The Hall–Kier alpha value is -2.26. The van der Waals surface area contributed by atoms with Crippen LogP contribution in [0.25, 0.3) is 0 Å². The van der Waals surface area contributed by atoms with E-state index in [1.165, 1.54) is 32.2 Å². The minimum absolute atomic E-state index is 0.0124. The summed E-state index contributed by atoms with van der Waals surface area (Å²) in [7, 11) is -0.770. The third-order valence-electron chi connectivity index (χ3n) is 5.50. The molecule has 2 amide bonds. The second-order valence-electron chi connectivity index (χ2n) is 9.07. The Kier molecular flexibility index (Phi) is 9.83. The molecule has 0 heterocycles. The number of hydrogen-bond acceptors (Lipinski definition) is 5. The number of carbonyl (C=O) groups excluding carboxylic acids is 3. The summed E-state index contributed by atoms with van der Waals surface area (Å²) in [6.07, 6.45) is 0.315. The molecular formula is C22H35FN2O5Si. The molecule has 174 valence electrons. The molecule has 0 radical (unpaired) electrons. The van der Waals surface area contributed by atoms with Crippen LogP contribution in [0, 0.1) is 5.82 Å². The Morgan fingerprint density at radius 3 is 2.29 bits per heavy atom. The predicted octanol–water partition coefficient (Wildman–Crippen LogP) is 2.94. The van der Waals surface area contributed by atoms with Crippen LogP contribution in [0.15, 0.2) is 24.3 Å². The number of rotatable bonds is 10. The number of ether oxygens (including phenoxy) is 1. The summed E-state index contributed by atoms with van der Waals surface area (Å²) in [6, 6.07) is 3.90. The first-order valence-electron chi connectivity index (χ1n) is 10.3. The van der Waals surface area contributed by atoms with Crippen molar-refractivity contribution >= 4 is 26.1 Å². The summed E-state index contributed by atoms with van der Waals surface area (Å²) in [5.41, 5.74) is 0.546. The first kappa shape index (κ1) is 26.8. The fraction of sp³-hybridized carbons (Fsp3) is 0.591. The second-order valence-corrected chi connectivity index (χ2v) is 13.9. The maximum absolute atomic E-state index is 13.5. The van der Waals surface area contributed by atoms with Gasteiger partial charge in [-0.3, -0.25) is 9.59 Å². The molecule has 2 N–H and O–H groups in total. The van der Waals surface area contributed by atoms with Crippen LogP contribution in [0.4, 0.5) is 4.39 Å². The zero-order valence-electron chi connectivity index (χ0n) is 19.5. The highest BCUT2D eigenvalue weighted by Gasteiger charge is 2.37. The van der Waals surface area contributed by atoms with Crippen molar-refractivity contribution in [3.8, 4) is 0 Å². The van der Waals surface area contributed by atoms with E-state index in [2.05, 4.69) is 44.5 Å². The van der Waals surface area contributed by atoms with E-state index in [4.69, 9.17) is 9.16 Å². The van der Waals surface area contributed by atoms with Gasteiger partial charge in [0.2, 0.25) is 11.8 Å². The molecular weight excluding hydrogens is 419 g/mol. The molecule has 0 fully saturated rings. The van der Waals surface area contributed by atoms with Crippen LogP contribution in [-0.4, -0.2) is 51.9 Å². The van der Waals surface area contributed by atoms with Gasteiger partial charge >= 0.3 is 5.97 Å². The quantitative estimate of drug-likeness (QED) is 0.419. The van der Waals surface area contributed by atoms with Crippen molar-refractivity contribution in [1.82, 2.24) is 10.6 Å². The van der Waals surface area contributed by atoms with Gasteiger partial charge in [0.05, 0.1) is 7.11 Å². The highest BCUT2D eigenvalue weighted by Crippen LogP contribution is 2.36. The zero-order valence-corrected chi connectivity index (χ0v) is 20.5. The van der Waals surface area contributed by atoms with Crippen LogP contribution >= 0.6 is 0 Å². The van der Waals surface area contributed by atoms with E-state index < -0.39 is 44.0 Å². The molecule has 1 rings (SSSR count). The van der Waals surface area contributed by atoms with Gasteiger partial charge in [0.1, 0.15) is 17.9 Å². The summed E-state index contributed by atoms with van der Waals surface area (Å²) in [5, 5.41) is 5.22. The number of methoxy groups -OCH3 is 1. The van der Waals surface area contributed by atoms with Gasteiger partial charge in [-0.05, 0) is 35.8 Å².